The number of nitro groups is 2. The van der Waals surface area contributed by atoms with Crippen LogP contribution in [0.3, 0.4) is 0 Å². The molecule has 0 aliphatic carbocycles. The number of phenols is 1. The predicted molar refractivity (Wildman–Crippen MR) is 99.4 cm³/mol. The van der Waals surface area contributed by atoms with Crippen LogP contribution in [0.4, 0.5) is 11.4 Å². The van der Waals surface area contributed by atoms with E-state index in [-0.39, 0.29) is 93.2 Å². The van der Waals surface area contributed by atoms with Gasteiger partial charge in [-0.15, -0.1) is 0 Å². The number of ether oxygens (including phenoxy) is 3. The van der Waals surface area contributed by atoms with Gasteiger partial charge in [0.15, 0.2) is 35.6 Å². The summed E-state index contributed by atoms with van der Waals surface area (Å²) in [5, 5.41) is 30.4. The van der Waals surface area contributed by atoms with Gasteiger partial charge in [-0.1, -0.05) is 0 Å². The molecule has 0 saturated carbocycles. The third kappa shape index (κ3) is 6.20. The van der Waals surface area contributed by atoms with Crippen molar-refractivity contribution in [3.05, 3.63) is 55.6 Å². The molecule has 0 bridgehead atoms. The van der Waals surface area contributed by atoms with E-state index in [2.05, 4.69) is 0 Å². The molecule has 0 fully saturated rings. The number of nitrogens with zero attached hydrogens (tertiary/aromatic N) is 2. The molecule has 0 aliphatic heterocycles. The van der Waals surface area contributed by atoms with Crippen molar-refractivity contribution in [3.63, 3.8) is 0 Å². The van der Waals surface area contributed by atoms with Crippen LogP contribution in [0.2, 0.25) is 0 Å². The molecule has 1 N–H and O–H groups in total. The zero-order chi connectivity index (χ0) is 22.1. The molecule has 0 saturated heterocycles. The fourth-order valence-corrected chi connectivity index (χ4v) is 2.23. The number of hydrogen-bond donors (Lipinski definition) is 1. The number of rotatable bonds is 7. The molecule has 0 aromatic heterocycles. The molecule has 0 spiro atoms. The number of carbonyl (C=O) groups excluding carboxylic acids is 2. The second-order valence-electron chi connectivity index (χ2n) is 5.03. The molecule has 0 atom stereocenters. The quantitative estimate of drug-likeness (QED) is 0.256. The summed E-state index contributed by atoms with van der Waals surface area (Å²) < 4.78 is 14.5. The van der Waals surface area contributed by atoms with Gasteiger partial charge in [0.05, 0.1) is 31.2 Å². The van der Waals surface area contributed by atoms with Crippen LogP contribution in [0, 0.1) is 20.2 Å². The molecule has 0 aliphatic rings. The fraction of sp³-hybridized carbons (Fsp3) is 0.176. The van der Waals surface area contributed by atoms with Gasteiger partial charge in [0, 0.05) is 12.1 Å². The Kier molecular flexibility index (Phi) is 11.8. The van der Waals surface area contributed by atoms with Gasteiger partial charge < -0.3 is 20.7 Å². The Morgan fingerprint density at radius 2 is 1.27 bits per heavy atom. The normalized spacial score (nSPS) is 9.17. The van der Waals surface area contributed by atoms with Gasteiger partial charge in [-0.3, -0.25) is 29.8 Å². The molecule has 2 rings (SSSR count). The Morgan fingerprint density at radius 1 is 0.833 bits per heavy atom. The van der Waals surface area contributed by atoms with Gasteiger partial charge in [-0.2, -0.15) is 0 Å². The zero-order valence-electron chi connectivity index (χ0n) is 17.5. The summed E-state index contributed by atoms with van der Waals surface area (Å²) in [5.74, 6) is -0.138. The SMILES string of the molecule is COc1ccc([N+](=O)[O-])c(C=O)c1O.COc1ccc([N+](=O)[O-])c(C=O)c1OC.[H-].[K+]. The first-order chi connectivity index (χ1) is 13.8. The van der Waals surface area contributed by atoms with Crippen molar-refractivity contribution in [1.82, 2.24) is 0 Å². The van der Waals surface area contributed by atoms with Crippen LogP contribution in [0.1, 0.15) is 22.1 Å². The summed E-state index contributed by atoms with van der Waals surface area (Å²) in [6.07, 6.45) is 0.593. The smallest absolute Gasteiger partial charge is 1.00 e. The second kappa shape index (κ2) is 12.9. The molecule has 2 aromatic rings. The molecule has 30 heavy (non-hydrogen) atoms. The number of phenolic OH excluding ortho intramolecular Hbond substituents is 1. The van der Waals surface area contributed by atoms with Crippen molar-refractivity contribution in [3.8, 4) is 23.0 Å². The largest absolute Gasteiger partial charge is 1.00 e. The van der Waals surface area contributed by atoms with E-state index in [1.54, 1.807) is 0 Å². The summed E-state index contributed by atoms with van der Waals surface area (Å²) in [7, 11) is 3.99. The van der Waals surface area contributed by atoms with Crippen LogP contribution in [-0.4, -0.2) is 48.9 Å². The molecule has 2 aromatic carbocycles. The Morgan fingerprint density at radius 3 is 1.63 bits per heavy atom. The zero-order valence-corrected chi connectivity index (χ0v) is 19.6. The summed E-state index contributed by atoms with van der Waals surface area (Å²) in [6, 6.07) is 4.90. The fourth-order valence-electron chi connectivity index (χ4n) is 2.23. The van der Waals surface area contributed by atoms with Gasteiger partial charge in [-0.25, -0.2) is 0 Å². The van der Waals surface area contributed by atoms with Crippen molar-refractivity contribution in [1.29, 1.82) is 0 Å². The molecule has 0 amide bonds. The number of carbonyl (C=O) groups is 2. The van der Waals surface area contributed by atoms with Crippen LogP contribution >= 0.6 is 0 Å². The van der Waals surface area contributed by atoms with Gasteiger partial charge >= 0.3 is 51.4 Å². The number of aromatic hydroxyl groups is 1. The van der Waals surface area contributed by atoms with E-state index in [9.17, 15) is 34.9 Å². The molecule has 12 nitrogen and oxygen atoms in total. The van der Waals surface area contributed by atoms with Crippen LogP contribution in [0.15, 0.2) is 24.3 Å². The predicted octanol–water partition coefficient (Wildman–Crippen LogP) is -0.338. The van der Waals surface area contributed by atoms with E-state index in [4.69, 9.17) is 14.2 Å². The van der Waals surface area contributed by atoms with Crippen LogP contribution in [-0.2, 0) is 0 Å². The number of nitro benzene ring substituents is 2. The minimum Gasteiger partial charge on any atom is -1.00 e. The van der Waals surface area contributed by atoms with E-state index in [0.29, 0.717) is 6.29 Å². The van der Waals surface area contributed by atoms with Crippen molar-refractivity contribution in [2.24, 2.45) is 0 Å². The maximum Gasteiger partial charge on any atom is 1.00 e. The summed E-state index contributed by atoms with van der Waals surface area (Å²) in [5.41, 5.74) is -1.25. The Bertz CT molecular complexity index is 955. The van der Waals surface area contributed by atoms with Crippen molar-refractivity contribution >= 4 is 23.9 Å². The minimum absolute atomic E-state index is 0. The Hall–Kier alpha value is -2.58. The Balaban J connectivity index is 0. The Labute approximate surface area is 213 Å². The average Bonchev–Trinajstić information content (AvgIpc) is 2.72. The third-order valence-corrected chi connectivity index (χ3v) is 3.57. The van der Waals surface area contributed by atoms with Gasteiger partial charge in [0.25, 0.3) is 11.4 Å². The molecule has 0 unspecified atom stereocenters. The number of aldehydes is 2. The van der Waals surface area contributed by atoms with E-state index in [1.165, 1.54) is 39.5 Å². The van der Waals surface area contributed by atoms with E-state index >= 15 is 0 Å². The maximum absolute atomic E-state index is 10.7. The average molecular weight is 448 g/mol. The van der Waals surface area contributed by atoms with E-state index in [0.717, 1.165) is 6.07 Å². The van der Waals surface area contributed by atoms with Gasteiger partial charge in [-0.05, 0) is 12.1 Å². The van der Waals surface area contributed by atoms with Gasteiger partial charge in [0.1, 0.15) is 11.1 Å². The van der Waals surface area contributed by atoms with Crippen molar-refractivity contribution in [2.45, 2.75) is 0 Å². The summed E-state index contributed by atoms with van der Waals surface area (Å²) >= 11 is 0. The minimum atomic E-state index is -0.747. The van der Waals surface area contributed by atoms with Crippen LogP contribution < -0.4 is 65.6 Å². The van der Waals surface area contributed by atoms with E-state index in [1.807, 2.05) is 0 Å². The number of methoxy groups -OCH3 is 3. The number of hydrogen-bond acceptors (Lipinski definition) is 10. The molecule has 156 valence electrons. The monoisotopic (exact) mass is 448 g/mol. The molecular weight excluding hydrogens is 431 g/mol. The molecule has 0 radical (unpaired) electrons. The summed E-state index contributed by atoms with van der Waals surface area (Å²) in [6.45, 7) is 0. The van der Waals surface area contributed by atoms with E-state index < -0.39 is 21.3 Å². The summed E-state index contributed by atoms with van der Waals surface area (Å²) in [4.78, 5) is 40.9. The molecular formula is C17H17KN2O10. The maximum atomic E-state index is 10.7. The standard InChI is InChI=1S/C9H9NO5.C8H7NO5.K.H/c1-14-8-4-3-7(10(12)13)6(5-11)9(8)15-2;1-14-7-3-2-6(9(12)13)5(4-10)8(7)11;;/h3-5H,1-2H3;2-4,11H,1H3;;/q;;+1;-1. The first-order valence-corrected chi connectivity index (χ1v) is 7.61. The number of benzene rings is 2. The second-order valence-corrected chi connectivity index (χ2v) is 5.03. The van der Waals surface area contributed by atoms with Crippen molar-refractivity contribution in [2.75, 3.05) is 21.3 Å². The first-order valence-electron chi connectivity index (χ1n) is 7.61. The third-order valence-electron chi connectivity index (χ3n) is 3.57. The molecule has 0 heterocycles. The van der Waals surface area contributed by atoms with Crippen LogP contribution in [0.25, 0.3) is 0 Å². The molecule has 13 heteroatoms. The topological polar surface area (TPSA) is 168 Å². The van der Waals surface area contributed by atoms with Gasteiger partial charge in [0.2, 0.25) is 0 Å². The first kappa shape index (κ1) is 27.4. The van der Waals surface area contributed by atoms with Crippen LogP contribution in [0.5, 0.6) is 23.0 Å². The van der Waals surface area contributed by atoms with Crippen molar-refractivity contribution < 1.29 is 91.6 Å².